The number of aromatic nitrogens is 1. The second-order valence-corrected chi connectivity index (χ2v) is 8.02. The molecule has 0 radical (unpaired) electrons. The first-order valence-electron chi connectivity index (χ1n) is 9.35. The summed E-state index contributed by atoms with van der Waals surface area (Å²) in [5.41, 5.74) is 2.61. The van der Waals surface area contributed by atoms with Gasteiger partial charge in [0.05, 0.1) is 16.1 Å². The lowest BCUT2D eigenvalue weighted by atomic mass is 10.1. The molecule has 0 fully saturated rings. The van der Waals surface area contributed by atoms with Crippen LogP contribution in [0.25, 0.3) is 10.9 Å². The summed E-state index contributed by atoms with van der Waals surface area (Å²) >= 11 is 7.75. The zero-order valence-electron chi connectivity index (χ0n) is 15.6. The van der Waals surface area contributed by atoms with Crippen LogP contribution >= 0.6 is 23.4 Å². The molecule has 0 saturated carbocycles. The van der Waals surface area contributed by atoms with Crippen LogP contribution in [0.4, 0.5) is 0 Å². The average Bonchev–Trinajstić information content (AvgIpc) is 2.75. The monoisotopic (exact) mass is 418 g/mol. The number of rotatable bonds is 6. The van der Waals surface area contributed by atoms with Crippen LogP contribution < -0.4 is 5.32 Å². The Balaban J connectivity index is 1.58. The smallest absolute Gasteiger partial charge is 0.252 e. The van der Waals surface area contributed by atoms with Crippen LogP contribution in [-0.2, 0) is 6.42 Å². The second kappa shape index (κ2) is 9.12. The third-order valence-corrected chi connectivity index (χ3v) is 5.97. The molecule has 29 heavy (non-hydrogen) atoms. The van der Waals surface area contributed by atoms with Crippen LogP contribution in [0.1, 0.15) is 15.9 Å². The van der Waals surface area contributed by atoms with Gasteiger partial charge in [0, 0.05) is 16.8 Å². The molecule has 0 atom stereocenters. The van der Waals surface area contributed by atoms with Gasteiger partial charge in [0.15, 0.2) is 0 Å². The summed E-state index contributed by atoms with van der Waals surface area (Å²) in [6, 6.07) is 27.3. The van der Waals surface area contributed by atoms with Gasteiger partial charge in [0.25, 0.3) is 5.91 Å². The van der Waals surface area contributed by atoms with E-state index < -0.39 is 0 Å². The summed E-state index contributed by atoms with van der Waals surface area (Å²) in [7, 11) is 0. The van der Waals surface area contributed by atoms with Crippen LogP contribution in [0.15, 0.2) is 94.9 Å². The van der Waals surface area contributed by atoms with Crippen molar-refractivity contribution < 1.29 is 4.79 Å². The van der Waals surface area contributed by atoms with Crippen LogP contribution in [0.3, 0.4) is 0 Å². The van der Waals surface area contributed by atoms with Crippen LogP contribution in [0.5, 0.6) is 0 Å². The summed E-state index contributed by atoms with van der Waals surface area (Å²) in [5, 5.41) is 5.29. The molecule has 0 unspecified atom stereocenters. The number of carbonyl (C=O) groups is 1. The van der Waals surface area contributed by atoms with E-state index in [1.165, 1.54) is 17.3 Å². The molecule has 0 aliphatic heterocycles. The summed E-state index contributed by atoms with van der Waals surface area (Å²) < 4.78 is 0. The molecule has 1 amide bonds. The van der Waals surface area contributed by atoms with Gasteiger partial charge in [-0.2, -0.15) is 0 Å². The van der Waals surface area contributed by atoms with Gasteiger partial charge in [-0.05, 0) is 36.2 Å². The number of hydrogen-bond acceptors (Lipinski definition) is 3. The molecule has 0 bridgehead atoms. The molecule has 0 aliphatic rings. The summed E-state index contributed by atoms with van der Waals surface area (Å²) in [4.78, 5) is 18.6. The van der Waals surface area contributed by atoms with Crippen molar-refractivity contribution >= 4 is 40.2 Å². The predicted molar refractivity (Wildman–Crippen MR) is 120 cm³/mol. The normalized spacial score (nSPS) is 10.8. The maximum atomic E-state index is 12.9. The number of nitrogens with one attached hydrogen (secondary N) is 1. The van der Waals surface area contributed by atoms with Crippen molar-refractivity contribution in [2.24, 2.45) is 0 Å². The van der Waals surface area contributed by atoms with E-state index in [4.69, 9.17) is 16.6 Å². The minimum Gasteiger partial charge on any atom is -0.352 e. The summed E-state index contributed by atoms with van der Waals surface area (Å²) in [5.74, 6) is -0.0967. The van der Waals surface area contributed by atoms with Gasteiger partial charge in [0.2, 0.25) is 0 Å². The maximum absolute atomic E-state index is 12.9. The Morgan fingerprint density at radius 2 is 1.66 bits per heavy atom. The fourth-order valence-corrected chi connectivity index (χ4v) is 4.20. The Labute approximate surface area is 179 Å². The zero-order valence-corrected chi connectivity index (χ0v) is 17.2. The third kappa shape index (κ3) is 4.78. The molecule has 4 rings (SSSR count). The van der Waals surface area contributed by atoms with Gasteiger partial charge < -0.3 is 5.32 Å². The molecule has 3 aromatic carbocycles. The minimum atomic E-state index is -0.0967. The third-order valence-electron chi connectivity index (χ3n) is 4.53. The van der Waals surface area contributed by atoms with Crippen molar-refractivity contribution in [3.63, 3.8) is 0 Å². The number of benzene rings is 3. The van der Waals surface area contributed by atoms with E-state index in [1.807, 2.05) is 72.8 Å². The van der Waals surface area contributed by atoms with E-state index in [0.29, 0.717) is 17.1 Å². The molecule has 0 aliphatic carbocycles. The van der Waals surface area contributed by atoms with Crippen molar-refractivity contribution in [1.82, 2.24) is 10.3 Å². The molecule has 5 heteroatoms. The van der Waals surface area contributed by atoms with Gasteiger partial charge in [-0.1, -0.05) is 84.0 Å². The van der Waals surface area contributed by atoms with E-state index >= 15 is 0 Å². The van der Waals surface area contributed by atoms with Crippen LogP contribution in [0.2, 0.25) is 5.02 Å². The molecule has 0 saturated heterocycles. The first-order chi connectivity index (χ1) is 14.2. The van der Waals surface area contributed by atoms with Crippen molar-refractivity contribution in [3.05, 3.63) is 101 Å². The maximum Gasteiger partial charge on any atom is 0.252 e. The number of nitrogens with zero attached hydrogens (tertiary/aromatic N) is 1. The first-order valence-corrected chi connectivity index (χ1v) is 10.5. The highest BCUT2D eigenvalue weighted by atomic mass is 35.5. The van der Waals surface area contributed by atoms with E-state index in [1.54, 1.807) is 0 Å². The molecule has 1 N–H and O–H groups in total. The number of amides is 1. The lowest BCUT2D eigenvalue weighted by molar-refractivity contribution is 0.0955. The van der Waals surface area contributed by atoms with Gasteiger partial charge >= 0.3 is 0 Å². The SMILES string of the molecule is O=C(NCCc1ccccc1)c1cc(Sc2ccccc2Cl)nc2ccccc12. The lowest BCUT2D eigenvalue weighted by Crippen LogP contribution is -2.26. The summed E-state index contributed by atoms with van der Waals surface area (Å²) in [6.45, 7) is 0.576. The average molecular weight is 419 g/mol. The largest absolute Gasteiger partial charge is 0.352 e. The molecular formula is C24H19ClN2OS. The number of para-hydroxylation sites is 1. The van der Waals surface area contributed by atoms with Crippen molar-refractivity contribution in [3.8, 4) is 0 Å². The number of hydrogen-bond donors (Lipinski definition) is 1. The van der Waals surface area contributed by atoms with Gasteiger partial charge in [0.1, 0.15) is 5.03 Å². The van der Waals surface area contributed by atoms with E-state index in [2.05, 4.69) is 17.4 Å². The van der Waals surface area contributed by atoms with Crippen LogP contribution in [-0.4, -0.2) is 17.4 Å². The Morgan fingerprint density at radius 1 is 0.931 bits per heavy atom. The fourth-order valence-electron chi connectivity index (χ4n) is 3.09. The quantitative estimate of drug-likeness (QED) is 0.416. The second-order valence-electron chi connectivity index (χ2n) is 6.55. The predicted octanol–water partition coefficient (Wildman–Crippen LogP) is 6.01. The number of carbonyl (C=O) groups excluding carboxylic acids is 1. The number of fused-ring (bicyclic) bond motifs is 1. The number of halogens is 1. The van der Waals surface area contributed by atoms with E-state index in [9.17, 15) is 4.79 Å². The molecule has 3 nitrogen and oxygen atoms in total. The minimum absolute atomic E-state index is 0.0967. The van der Waals surface area contributed by atoms with Crippen molar-refractivity contribution in [2.75, 3.05) is 6.54 Å². The highest BCUT2D eigenvalue weighted by Crippen LogP contribution is 2.33. The molecule has 1 heterocycles. The van der Waals surface area contributed by atoms with Crippen molar-refractivity contribution in [1.29, 1.82) is 0 Å². The Hall–Kier alpha value is -2.82. The molecular weight excluding hydrogens is 400 g/mol. The standard InChI is InChI=1S/C24H19ClN2OS/c25-20-11-5-7-13-22(20)29-23-16-19(18-10-4-6-12-21(18)27-23)24(28)26-15-14-17-8-2-1-3-9-17/h1-13,16H,14-15H2,(H,26,28). The zero-order chi connectivity index (χ0) is 20.1. The highest BCUT2D eigenvalue weighted by molar-refractivity contribution is 7.99. The Kier molecular flexibility index (Phi) is 6.13. The first kappa shape index (κ1) is 19.5. The molecule has 1 aromatic heterocycles. The van der Waals surface area contributed by atoms with Gasteiger partial charge in [-0.25, -0.2) is 4.98 Å². The molecule has 4 aromatic rings. The highest BCUT2D eigenvalue weighted by Gasteiger charge is 2.14. The number of pyridine rings is 1. The van der Waals surface area contributed by atoms with Gasteiger partial charge in [-0.3, -0.25) is 4.79 Å². The topological polar surface area (TPSA) is 42.0 Å². The Morgan fingerprint density at radius 3 is 2.48 bits per heavy atom. The summed E-state index contributed by atoms with van der Waals surface area (Å²) in [6.07, 6.45) is 0.789. The Bertz CT molecular complexity index is 1150. The van der Waals surface area contributed by atoms with Gasteiger partial charge in [-0.15, -0.1) is 0 Å². The molecule has 144 valence electrons. The van der Waals surface area contributed by atoms with E-state index in [-0.39, 0.29) is 5.91 Å². The fraction of sp³-hybridized carbons (Fsp3) is 0.0833. The molecule has 0 spiro atoms. The lowest BCUT2D eigenvalue weighted by Gasteiger charge is -2.11. The van der Waals surface area contributed by atoms with Crippen LogP contribution in [0, 0.1) is 0 Å². The van der Waals surface area contributed by atoms with Crippen molar-refractivity contribution in [2.45, 2.75) is 16.3 Å². The van der Waals surface area contributed by atoms with E-state index in [0.717, 1.165) is 27.2 Å².